The third kappa shape index (κ3) is 2.59. The van der Waals surface area contributed by atoms with Crippen LogP contribution in [0.2, 0.25) is 0 Å². The molecular formula is C18H23N3O2. The van der Waals surface area contributed by atoms with Crippen LogP contribution in [0.15, 0.2) is 24.3 Å². The molecule has 1 aromatic carbocycles. The molecule has 1 fully saturated rings. The number of fused-ring (bicyclic) bond motifs is 3. The average Bonchev–Trinajstić information content (AvgIpc) is 3.14. The van der Waals surface area contributed by atoms with Gasteiger partial charge in [-0.2, -0.15) is 0 Å². The van der Waals surface area contributed by atoms with Gasteiger partial charge in [-0.3, -0.25) is 4.90 Å². The Morgan fingerprint density at radius 2 is 2.13 bits per heavy atom. The number of cyclic esters (lactones) is 1. The number of para-hydroxylation sites is 1. The molecule has 0 spiro atoms. The average molecular weight is 313 g/mol. The maximum atomic E-state index is 11.5. The second kappa shape index (κ2) is 5.89. The van der Waals surface area contributed by atoms with Gasteiger partial charge in [0.05, 0.1) is 6.54 Å². The minimum Gasteiger partial charge on any atom is -0.448 e. The van der Waals surface area contributed by atoms with Crippen LogP contribution in [0.1, 0.15) is 30.6 Å². The fourth-order valence-corrected chi connectivity index (χ4v) is 3.88. The van der Waals surface area contributed by atoms with E-state index in [4.69, 9.17) is 4.74 Å². The Kier molecular flexibility index (Phi) is 3.73. The number of carbonyl (C=O) groups excluding carboxylic acids is 1. The van der Waals surface area contributed by atoms with E-state index in [-0.39, 0.29) is 6.09 Å². The van der Waals surface area contributed by atoms with Crippen molar-refractivity contribution < 1.29 is 9.53 Å². The van der Waals surface area contributed by atoms with Crippen LogP contribution in [0.5, 0.6) is 0 Å². The summed E-state index contributed by atoms with van der Waals surface area (Å²) in [7, 11) is 0. The number of amides is 1. The molecule has 122 valence electrons. The van der Waals surface area contributed by atoms with E-state index in [2.05, 4.69) is 41.1 Å². The van der Waals surface area contributed by atoms with Gasteiger partial charge in [-0.1, -0.05) is 18.2 Å². The second-order valence-corrected chi connectivity index (χ2v) is 6.48. The molecule has 1 N–H and O–H groups in total. The highest BCUT2D eigenvalue weighted by Crippen LogP contribution is 2.34. The number of hydrogen-bond donors (Lipinski definition) is 1. The van der Waals surface area contributed by atoms with Gasteiger partial charge in [0.15, 0.2) is 0 Å². The highest BCUT2D eigenvalue weighted by Gasteiger charge is 2.27. The van der Waals surface area contributed by atoms with E-state index in [0.717, 1.165) is 39.0 Å². The molecule has 0 aliphatic carbocycles. The van der Waals surface area contributed by atoms with E-state index in [1.54, 1.807) is 0 Å². The Morgan fingerprint density at radius 1 is 1.26 bits per heavy atom. The summed E-state index contributed by atoms with van der Waals surface area (Å²) in [6.07, 6.45) is 1.93. The molecule has 1 saturated heterocycles. The highest BCUT2D eigenvalue weighted by atomic mass is 16.6. The largest absolute Gasteiger partial charge is 0.448 e. The molecule has 2 aromatic rings. The Labute approximate surface area is 136 Å². The molecule has 5 heteroatoms. The highest BCUT2D eigenvalue weighted by molar-refractivity contribution is 5.85. The van der Waals surface area contributed by atoms with E-state index in [0.29, 0.717) is 12.6 Å². The zero-order valence-electron chi connectivity index (χ0n) is 13.5. The lowest BCUT2D eigenvalue weighted by Crippen LogP contribution is -2.36. The van der Waals surface area contributed by atoms with E-state index in [1.165, 1.54) is 22.2 Å². The number of aromatic nitrogens is 1. The van der Waals surface area contributed by atoms with E-state index in [9.17, 15) is 4.79 Å². The number of hydrogen-bond acceptors (Lipinski definition) is 3. The Bertz CT molecular complexity index is 724. The third-order valence-electron chi connectivity index (χ3n) is 5.18. The normalized spacial score (nSPS) is 21.7. The van der Waals surface area contributed by atoms with E-state index < -0.39 is 0 Å². The monoisotopic (exact) mass is 313 g/mol. The molecule has 0 bridgehead atoms. The van der Waals surface area contributed by atoms with Gasteiger partial charge in [-0.05, 0) is 31.4 Å². The lowest BCUT2D eigenvalue weighted by atomic mass is 9.98. The van der Waals surface area contributed by atoms with Crippen molar-refractivity contribution in [3.63, 3.8) is 0 Å². The SMILES string of the molecule is C[C@@H]1c2[nH]c3ccccc3c2CCN1CCCN1CCOC1=O. The molecule has 0 saturated carbocycles. The molecule has 2 aliphatic heterocycles. The fourth-order valence-electron chi connectivity index (χ4n) is 3.88. The van der Waals surface area contributed by atoms with Crippen LogP contribution in [0, 0.1) is 0 Å². The standard InChI is InChI=1S/C18H23N3O2/c1-13-17-15(14-5-2-3-6-16(14)19-17)7-10-20(13)8-4-9-21-11-12-23-18(21)22/h2-3,5-6,13,19H,4,7-12H2,1H3/t13-/m1/s1. The van der Waals surface area contributed by atoms with Crippen LogP contribution >= 0.6 is 0 Å². The van der Waals surface area contributed by atoms with Crippen molar-refractivity contribution in [1.82, 2.24) is 14.8 Å². The molecule has 4 rings (SSSR count). The first-order valence-corrected chi connectivity index (χ1v) is 8.49. The molecule has 0 unspecified atom stereocenters. The van der Waals surface area contributed by atoms with Gasteiger partial charge < -0.3 is 14.6 Å². The van der Waals surface area contributed by atoms with Crippen molar-refractivity contribution in [2.24, 2.45) is 0 Å². The van der Waals surface area contributed by atoms with Crippen LogP contribution in [0.3, 0.4) is 0 Å². The van der Waals surface area contributed by atoms with Gasteiger partial charge in [0.1, 0.15) is 6.61 Å². The molecule has 0 radical (unpaired) electrons. The van der Waals surface area contributed by atoms with Crippen LogP contribution < -0.4 is 0 Å². The fraction of sp³-hybridized carbons (Fsp3) is 0.500. The van der Waals surface area contributed by atoms with Gasteiger partial charge in [-0.15, -0.1) is 0 Å². The van der Waals surface area contributed by atoms with E-state index >= 15 is 0 Å². The second-order valence-electron chi connectivity index (χ2n) is 6.48. The van der Waals surface area contributed by atoms with Crippen LogP contribution in [0.25, 0.3) is 10.9 Å². The van der Waals surface area contributed by atoms with Crippen LogP contribution in [-0.4, -0.2) is 53.7 Å². The molecule has 1 aromatic heterocycles. The first-order chi connectivity index (χ1) is 11.2. The number of ether oxygens (including phenoxy) is 1. The van der Waals surface area contributed by atoms with Crippen molar-refractivity contribution in [3.8, 4) is 0 Å². The Hall–Kier alpha value is -2.01. The van der Waals surface area contributed by atoms with Gasteiger partial charge in [0.25, 0.3) is 0 Å². The number of benzene rings is 1. The number of nitrogens with zero attached hydrogens (tertiary/aromatic N) is 2. The van der Waals surface area contributed by atoms with Crippen molar-refractivity contribution in [2.75, 3.05) is 32.8 Å². The Morgan fingerprint density at radius 3 is 2.96 bits per heavy atom. The summed E-state index contributed by atoms with van der Waals surface area (Å²) in [5.41, 5.74) is 4.08. The zero-order valence-corrected chi connectivity index (χ0v) is 13.5. The van der Waals surface area contributed by atoms with Gasteiger partial charge >= 0.3 is 6.09 Å². The van der Waals surface area contributed by atoms with Gasteiger partial charge in [-0.25, -0.2) is 4.79 Å². The van der Waals surface area contributed by atoms with Crippen molar-refractivity contribution in [3.05, 3.63) is 35.5 Å². The molecule has 1 atom stereocenters. The first kappa shape index (κ1) is 14.6. The number of H-pyrrole nitrogens is 1. The number of aromatic amines is 1. The first-order valence-electron chi connectivity index (χ1n) is 8.49. The van der Waals surface area contributed by atoms with Crippen LogP contribution in [-0.2, 0) is 11.2 Å². The lowest BCUT2D eigenvalue weighted by Gasteiger charge is -2.33. The lowest BCUT2D eigenvalue weighted by molar-refractivity contribution is 0.153. The minimum absolute atomic E-state index is 0.158. The molecule has 2 aliphatic rings. The third-order valence-corrected chi connectivity index (χ3v) is 5.18. The predicted octanol–water partition coefficient (Wildman–Crippen LogP) is 2.93. The van der Waals surface area contributed by atoms with Crippen molar-refractivity contribution in [2.45, 2.75) is 25.8 Å². The number of nitrogens with one attached hydrogen (secondary N) is 1. The maximum absolute atomic E-state index is 11.5. The number of carbonyl (C=O) groups is 1. The number of rotatable bonds is 4. The minimum atomic E-state index is -0.158. The molecule has 3 heterocycles. The smallest absolute Gasteiger partial charge is 0.409 e. The summed E-state index contributed by atoms with van der Waals surface area (Å²) < 4.78 is 4.98. The molecular weight excluding hydrogens is 290 g/mol. The van der Waals surface area contributed by atoms with Gasteiger partial charge in [0.2, 0.25) is 0 Å². The summed E-state index contributed by atoms with van der Waals surface area (Å²) >= 11 is 0. The van der Waals surface area contributed by atoms with Gasteiger partial charge in [0, 0.05) is 42.3 Å². The predicted molar refractivity (Wildman–Crippen MR) is 89.5 cm³/mol. The van der Waals surface area contributed by atoms with E-state index in [1.807, 2.05) is 4.90 Å². The Balaban J connectivity index is 1.42. The van der Waals surface area contributed by atoms with Crippen LogP contribution in [0.4, 0.5) is 4.79 Å². The summed E-state index contributed by atoms with van der Waals surface area (Å²) in [6.45, 7) is 6.44. The summed E-state index contributed by atoms with van der Waals surface area (Å²) in [5.74, 6) is 0. The summed E-state index contributed by atoms with van der Waals surface area (Å²) in [4.78, 5) is 19.4. The van der Waals surface area contributed by atoms with Crippen molar-refractivity contribution in [1.29, 1.82) is 0 Å². The molecule has 1 amide bonds. The van der Waals surface area contributed by atoms with Crippen molar-refractivity contribution >= 4 is 17.0 Å². The molecule has 5 nitrogen and oxygen atoms in total. The topological polar surface area (TPSA) is 48.6 Å². The summed E-state index contributed by atoms with van der Waals surface area (Å²) in [6, 6.07) is 8.97. The summed E-state index contributed by atoms with van der Waals surface area (Å²) in [5, 5.41) is 1.37. The quantitative estimate of drug-likeness (QED) is 0.944. The molecule has 23 heavy (non-hydrogen) atoms. The maximum Gasteiger partial charge on any atom is 0.409 e. The zero-order chi connectivity index (χ0) is 15.8.